The van der Waals surface area contributed by atoms with Crippen molar-refractivity contribution >= 4 is 39.8 Å². The number of hydrogen-bond donors (Lipinski definition) is 0. The molecular weight excluding hydrogens is 556 g/mol. The van der Waals surface area contributed by atoms with Crippen LogP contribution >= 0.6 is 11.3 Å². The van der Waals surface area contributed by atoms with Gasteiger partial charge in [-0.1, -0.05) is 47.7 Å². The molecular formula is C35H38N4O3S. The van der Waals surface area contributed by atoms with Crippen molar-refractivity contribution in [2.24, 2.45) is 4.99 Å². The second-order valence-corrected chi connectivity index (χ2v) is 12.2. The predicted molar refractivity (Wildman–Crippen MR) is 175 cm³/mol. The summed E-state index contributed by atoms with van der Waals surface area (Å²) in [5, 5.41) is 1.95. The van der Waals surface area contributed by atoms with E-state index in [9.17, 15) is 9.59 Å². The first-order chi connectivity index (χ1) is 20.9. The fourth-order valence-corrected chi connectivity index (χ4v) is 7.56. The monoisotopic (exact) mass is 594 g/mol. The number of hydrogen-bond acceptors (Lipinski definition) is 6. The number of amides is 1. The number of allylic oxidation sites excluding steroid dienone is 1. The number of benzene rings is 3. The van der Waals surface area contributed by atoms with E-state index in [1.54, 1.807) is 16.6 Å². The Balaban J connectivity index is 1.58. The van der Waals surface area contributed by atoms with Gasteiger partial charge in [0.2, 0.25) is 0 Å². The summed E-state index contributed by atoms with van der Waals surface area (Å²) < 4.78 is 8.19. The SMILES string of the molecule is CCN(CC)C(=O)C1=C(C)N=c2s/c(=C\c3ccc(N4CCCC4)c(C)c3)c(=O)n2[C@@H]1c1c(OC)ccc2ccccc12. The molecule has 1 saturated heterocycles. The van der Waals surface area contributed by atoms with Crippen molar-refractivity contribution in [2.45, 2.75) is 46.6 Å². The summed E-state index contributed by atoms with van der Waals surface area (Å²) >= 11 is 1.36. The van der Waals surface area contributed by atoms with Gasteiger partial charge < -0.3 is 14.5 Å². The van der Waals surface area contributed by atoms with Crippen LogP contribution < -0.4 is 24.5 Å². The first-order valence-electron chi connectivity index (χ1n) is 15.1. The van der Waals surface area contributed by atoms with E-state index >= 15 is 0 Å². The van der Waals surface area contributed by atoms with E-state index in [2.05, 4.69) is 30.0 Å². The van der Waals surface area contributed by atoms with Crippen LogP contribution in [0.2, 0.25) is 0 Å². The van der Waals surface area contributed by atoms with E-state index in [1.165, 1.54) is 35.4 Å². The lowest BCUT2D eigenvalue weighted by Crippen LogP contribution is -2.43. The zero-order valence-corrected chi connectivity index (χ0v) is 26.3. The molecule has 0 unspecified atom stereocenters. The second kappa shape index (κ2) is 11.8. The number of fused-ring (bicyclic) bond motifs is 2. The summed E-state index contributed by atoms with van der Waals surface area (Å²) in [6.45, 7) is 11.2. The molecule has 0 bridgehead atoms. The first kappa shape index (κ1) is 28.9. The Kier molecular flexibility index (Phi) is 7.97. The zero-order valence-electron chi connectivity index (χ0n) is 25.5. The van der Waals surface area contributed by atoms with E-state index in [-0.39, 0.29) is 11.5 Å². The van der Waals surface area contributed by atoms with E-state index in [4.69, 9.17) is 9.73 Å². The van der Waals surface area contributed by atoms with Gasteiger partial charge in [0.25, 0.3) is 11.5 Å². The summed E-state index contributed by atoms with van der Waals surface area (Å²) in [6.07, 6.45) is 4.40. The molecule has 7 nitrogen and oxygen atoms in total. The molecule has 1 atom stereocenters. The van der Waals surface area contributed by atoms with E-state index in [0.717, 1.165) is 35.0 Å². The molecule has 222 valence electrons. The number of likely N-dealkylation sites (N-methyl/N-ethyl adjacent to an activating group) is 1. The van der Waals surface area contributed by atoms with Crippen LogP contribution in [-0.2, 0) is 4.79 Å². The third kappa shape index (κ3) is 5.07. The molecule has 3 aromatic carbocycles. The van der Waals surface area contributed by atoms with E-state index < -0.39 is 6.04 Å². The molecule has 43 heavy (non-hydrogen) atoms. The van der Waals surface area contributed by atoms with Crippen LogP contribution in [0.25, 0.3) is 16.8 Å². The quantitative estimate of drug-likeness (QED) is 0.296. The standard InChI is InChI=1S/C35H38N4O3S/c1-6-37(7-2)34(41)30-23(4)36-35-39(32(30)31-26-13-9-8-12-25(26)15-17-28(31)42-5)33(40)29(43-35)21-24-14-16-27(22(3)20-24)38-18-10-11-19-38/h8-9,12-17,20-21,32H,6-7,10-11,18-19H2,1-5H3/b29-21-/t32-/m0/s1. The molecule has 0 radical (unpaired) electrons. The van der Waals surface area contributed by atoms with E-state index in [1.807, 2.05) is 63.2 Å². The van der Waals surface area contributed by atoms with Gasteiger partial charge in [0, 0.05) is 37.4 Å². The van der Waals surface area contributed by atoms with Crippen molar-refractivity contribution in [3.05, 3.63) is 102 Å². The van der Waals surface area contributed by atoms with Gasteiger partial charge in [-0.15, -0.1) is 0 Å². The number of nitrogens with zero attached hydrogens (tertiary/aromatic N) is 4. The van der Waals surface area contributed by atoms with Crippen molar-refractivity contribution in [1.82, 2.24) is 9.47 Å². The second-order valence-electron chi connectivity index (χ2n) is 11.2. The van der Waals surface area contributed by atoms with Crippen LogP contribution in [0.3, 0.4) is 0 Å². The molecule has 8 heteroatoms. The average molecular weight is 595 g/mol. The normalized spacial score (nSPS) is 16.9. The number of methoxy groups -OCH3 is 1. The maximum atomic E-state index is 14.4. The summed E-state index contributed by atoms with van der Waals surface area (Å²) in [4.78, 5) is 38.2. The van der Waals surface area contributed by atoms with Crippen LogP contribution in [-0.4, -0.2) is 48.7 Å². The zero-order chi connectivity index (χ0) is 30.2. The lowest BCUT2D eigenvalue weighted by Gasteiger charge is -2.30. The van der Waals surface area contributed by atoms with Gasteiger partial charge in [0.1, 0.15) is 11.8 Å². The van der Waals surface area contributed by atoms with Crippen LogP contribution in [0.4, 0.5) is 5.69 Å². The topological polar surface area (TPSA) is 67.1 Å². The number of anilines is 1. The molecule has 4 aromatic rings. The van der Waals surface area contributed by atoms with Gasteiger partial charge >= 0.3 is 0 Å². The lowest BCUT2D eigenvalue weighted by molar-refractivity contribution is -0.127. The summed E-state index contributed by atoms with van der Waals surface area (Å²) in [5.74, 6) is 0.514. The van der Waals surface area contributed by atoms with Crippen LogP contribution in [0.1, 0.15) is 56.3 Å². The van der Waals surface area contributed by atoms with Crippen molar-refractivity contribution in [1.29, 1.82) is 0 Å². The number of carbonyl (C=O) groups is 1. The summed E-state index contributed by atoms with van der Waals surface area (Å²) in [5.41, 5.74) is 5.18. The largest absolute Gasteiger partial charge is 0.496 e. The average Bonchev–Trinajstić information content (AvgIpc) is 3.65. The highest BCUT2D eigenvalue weighted by Gasteiger charge is 2.36. The highest BCUT2D eigenvalue weighted by Crippen LogP contribution is 2.40. The maximum absolute atomic E-state index is 14.4. The van der Waals surface area contributed by atoms with Crippen molar-refractivity contribution in [3.63, 3.8) is 0 Å². The van der Waals surface area contributed by atoms with Crippen LogP contribution in [0.5, 0.6) is 5.75 Å². The molecule has 0 N–H and O–H groups in total. The molecule has 0 saturated carbocycles. The predicted octanol–water partition coefficient (Wildman–Crippen LogP) is 5.17. The van der Waals surface area contributed by atoms with Gasteiger partial charge in [0.05, 0.1) is 22.9 Å². The fraction of sp³-hybridized carbons (Fsp3) is 0.343. The number of ether oxygens (including phenoxy) is 1. The minimum atomic E-state index is -0.688. The Morgan fingerprint density at radius 3 is 2.51 bits per heavy atom. The maximum Gasteiger partial charge on any atom is 0.271 e. The van der Waals surface area contributed by atoms with Gasteiger partial charge in [-0.3, -0.25) is 14.2 Å². The lowest BCUT2D eigenvalue weighted by atomic mass is 9.90. The van der Waals surface area contributed by atoms with Crippen molar-refractivity contribution < 1.29 is 9.53 Å². The molecule has 3 heterocycles. The third-order valence-corrected chi connectivity index (χ3v) is 9.68. The Bertz CT molecular complexity index is 1930. The van der Waals surface area contributed by atoms with Gasteiger partial charge in [-0.25, -0.2) is 4.99 Å². The van der Waals surface area contributed by atoms with Gasteiger partial charge in [0.15, 0.2) is 4.80 Å². The number of carbonyl (C=O) groups excluding carboxylic acids is 1. The first-order valence-corrected chi connectivity index (χ1v) is 15.9. The molecule has 2 aliphatic heterocycles. The van der Waals surface area contributed by atoms with Gasteiger partial charge in [-0.2, -0.15) is 0 Å². The Morgan fingerprint density at radius 1 is 1.07 bits per heavy atom. The molecule has 1 aromatic heterocycles. The summed E-state index contributed by atoms with van der Waals surface area (Å²) in [6, 6.07) is 17.7. The van der Waals surface area contributed by atoms with Crippen molar-refractivity contribution in [2.75, 3.05) is 38.2 Å². The Hall–Kier alpha value is -4.17. The van der Waals surface area contributed by atoms with Gasteiger partial charge in [-0.05, 0) is 86.7 Å². The van der Waals surface area contributed by atoms with Crippen LogP contribution in [0.15, 0.2) is 75.7 Å². The number of thiazole rings is 1. The minimum absolute atomic E-state index is 0.117. The Labute approximate surface area is 256 Å². The molecule has 6 rings (SSSR count). The Morgan fingerprint density at radius 2 is 1.81 bits per heavy atom. The number of aromatic nitrogens is 1. The van der Waals surface area contributed by atoms with E-state index in [0.29, 0.717) is 39.4 Å². The molecule has 0 aliphatic carbocycles. The highest BCUT2D eigenvalue weighted by molar-refractivity contribution is 7.07. The highest BCUT2D eigenvalue weighted by atomic mass is 32.1. The number of rotatable bonds is 7. The number of aryl methyl sites for hydroxylation is 1. The minimum Gasteiger partial charge on any atom is -0.496 e. The fourth-order valence-electron chi connectivity index (χ4n) is 6.52. The molecule has 1 fully saturated rings. The molecule has 0 spiro atoms. The summed E-state index contributed by atoms with van der Waals surface area (Å²) in [7, 11) is 1.63. The van der Waals surface area contributed by atoms with Crippen molar-refractivity contribution in [3.8, 4) is 5.75 Å². The molecule has 2 aliphatic rings. The third-order valence-electron chi connectivity index (χ3n) is 8.69. The van der Waals surface area contributed by atoms with Crippen LogP contribution in [0, 0.1) is 6.92 Å². The molecule has 1 amide bonds. The smallest absolute Gasteiger partial charge is 0.271 e.